The van der Waals surface area contributed by atoms with Crippen molar-refractivity contribution in [2.24, 2.45) is 0 Å². The lowest BCUT2D eigenvalue weighted by Gasteiger charge is -2.19. The minimum atomic E-state index is 0.817. The zero-order chi connectivity index (χ0) is 17.0. The van der Waals surface area contributed by atoms with E-state index in [0.29, 0.717) is 0 Å². The van der Waals surface area contributed by atoms with Crippen LogP contribution in [0.2, 0.25) is 0 Å². The topological polar surface area (TPSA) is 44.0 Å². The van der Waals surface area contributed by atoms with Crippen molar-refractivity contribution in [1.82, 2.24) is 14.9 Å². The van der Waals surface area contributed by atoms with Gasteiger partial charge in [-0.2, -0.15) is 0 Å². The molecule has 0 unspecified atom stereocenters. The third-order valence-electron chi connectivity index (χ3n) is 3.91. The van der Waals surface area contributed by atoms with Crippen LogP contribution in [0.3, 0.4) is 0 Å². The Labute approximate surface area is 163 Å². The highest BCUT2D eigenvalue weighted by atomic mass is 79.9. The summed E-state index contributed by atoms with van der Waals surface area (Å²) >= 11 is 10.9. The van der Waals surface area contributed by atoms with Crippen LogP contribution in [0.4, 0.5) is 5.95 Å². The number of imidazole rings is 1. The van der Waals surface area contributed by atoms with Crippen LogP contribution in [0.5, 0.6) is 0 Å². The van der Waals surface area contributed by atoms with Crippen LogP contribution in [0.15, 0.2) is 13.4 Å². The standard InChI is InChI=1S/C16H23Br3N4/c1-4-8-23(5-2)9-6-7-20-16-21-14-12(18)10(3)11(17)13(19)15(14)22-16/h4-9H2,1-3H3,(H2,20,21,22). The molecule has 0 aliphatic heterocycles. The van der Waals surface area contributed by atoms with Crippen molar-refractivity contribution in [2.45, 2.75) is 33.6 Å². The Balaban J connectivity index is 2.02. The third kappa shape index (κ3) is 4.50. The average molecular weight is 511 g/mol. The van der Waals surface area contributed by atoms with Crippen molar-refractivity contribution in [1.29, 1.82) is 0 Å². The molecule has 23 heavy (non-hydrogen) atoms. The number of hydrogen-bond acceptors (Lipinski definition) is 3. The molecule has 2 aromatic rings. The number of fused-ring (bicyclic) bond motifs is 1. The molecular formula is C16H23Br3N4. The van der Waals surface area contributed by atoms with Gasteiger partial charge in [-0.3, -0.25) is 0 Å². The summed E-state index contributed by atoms with van der Waals surface area (Å²) in [5, 5.41) is 3.40. The molecule has 128 valence electrons. The largest absolute Gasteiger partial charge is 0.356 e. The van der Waals surface area contributed by atoms with Gasteiger partial charge in [-0.15, -0.1) is 0 Å². The second-order valence-corrected chi connectivity index (χ2v) is 7.97. The van der Waals surface area contributed by atoms with Gasteiger partial charge in [0.1, 0.15) is 5.52 Å². The zero-order valence-corrected chi connectivity index (χ0v) is 18.5. The Bertz CT molecular complexity index is 624. The van der Waals surface area contributed by atoms with Gasteiger partial charge in [-0.25, -0.2) is 4.98 Å². The average Bonchev–Trinajstić information content (AvgIpc) is 2.98. The number of aromatic amines is 1. The normalized spacial score (nSPS) is 11.6. The van der Waals surface area contributed by atoms with Gasteiger partial charge < -0.3 is 15.2 Å². The molecule has 0 atom stereocenters. The first kappa shape index (κ1) is 19.2. The van der Waals surface area contributed by atoms with E-state index in [2.05, 4.69) is 88.7 Å². The van der Waals surface area contributed by atoms with E-state index in [-0.39, 0.29) is 0 Å². The number of aromatic nitrogens is 2. The Morgan fingerprint density at radius 3 is 2.48 bits per heavy atom. The Morgan fingerprint density at radius 2 is 1.83 bits per heavy atom. The molecule has 0 aliphatic rings. The molecule has 2 N–H and O–H groups in total. The molecule has 2 rings (SSSR count). The lowest BCUT2D eigenvalue weighted by molar-refractivity contribution is 0.288. The zero-order valence-electron chi connectivity index (χ0n) is 13.8. The highest BCUT2D eigenvalue weighted by molar-refractivity contribution is 9.13. The summed E-state index contributed by atoms with van der Waals surface area (Å²) in [6.45, 7) is 10.8. The number of H-pyrrole nitrogens is 1. The van der Waals surface area contributed by atoms with Crippen LogP contribution < -0.4 is 5.32 Å². The maximum absolute atomic E-state index is 4.66. The molecule has 1 heterocycles. The molecular weight excluding hydrogens is 488 g/mol. The van der Waals surface area contributed by atoms with Gasteiger partial charge in [0.25, 0.3) is 0 Å². The lowest BCUT2D eigenvalue weighted by Crippen LogP contribution is -2.26. The predicted octanol–water partition coefficient (Wildman–Crippen LogP) is 5.69. The summed E-state index contributed by atoms with van der Waals surface area (Å²) < 4.78 is 3.06. The van der Waals surface area contributed by atoms with Gasteiger partial charge in [-0.05, 0) is 92.8 Å². The third-order valence-corrected chi connectivity index (χ3v) is 7.20. The van der Waals surface area contributed by atoms with Crippen LogP contribution in [0.25, 0.3) is 11.0 Å². The molecule has 0 amide bonds. The van der Waals surface area contributed by atoms with Gasteiger partial charge in [-0.1, -0.05) is 13.8 Å². The van der Waals surface area contributed by atoms with E-state index >= 15 is 0 Å². The predicted molar refractivity (Wildman–Crippen MR) is 109 cm³/mol. The summed E-state index contributed by atoms with van der Waals surface area (Å²) in [5.41, 5.74) is 3.09. The van der Waals surface area contributed by atoms with E-state index in [1.165, 1.54) is 13.0 Å². The first-order chi connectivity index (χ1) is 11.0. The van der Waals surface area contributed by atoms with Crippen LogP contribution in [-0.4, -0.2) is 41.0 Å². The van der Waals surface area contributed by atoms with Crippen LogP contribution >= 0.6 is 47.8 Å². The second kappa shape index (κ2) is 8.83. The summed E-state index contributed by atoms with van der Waals surface area (Å²) in [6, 6.07) is 0. The van der Waals surface area contributed by atoms with Gasteiger partial charge in [0, 0.05) is 15.5 Å². The van der Waals surface area contributed by atoms with Crippen molar-refractivity contribution in [2.75, 3.05) is 31.5 Å². The van der Waals surface area contributed by atoms with Crippen molar-refractivity contribution in [3.8, 4) is 0 Å². The first-order valence-electron chi connectivity index (χ1n) is 7.98. The van der Waals surface area contributed by atoms with Crippen molar-refractivity contribution in [3.63, 3.8) is 0 Å². The van der Waals surface area contributed by atoms with Gasteiger partial charge in [0.15, 0.2) is 0 Å². The number of hydrogen-bond donors (Lipinski definition) is 2. The fraction of sp³-hybridized carbons (Fsp3) is 0.562. The van der Waals surface area contributed by atoms with Gasteiger partial charge in [0.05, 0.1) is 9.99 Å². The van der Waals surface area contributed by atoms with E-state index in [1.54, 1.807) is 0 Å². The van der Waals surface area contributed by atoms with E-state index < -0.39 is 0 Å². The summed E-state index contributed by atoms with van der Waals surface area (Å²) in [4.78, 5) is 10.5. The number of halogens is 3. The molecule has 1 aromatic carbocycles. The lowest BCUT2D eigenvalue weighted by atomic mass is 10.2. The van der Waals surface area contributed by atoms with Crippen molar-refractivity contribution >= 4 is 64.8 Å². The molecule has 1 aromatic heterocycles. The first-order valence-corrected chi connectivity index (χ1v) is 10.4. The van der Waals surface area contributed by atoms with Crippen molar-refractivity contribution < 1.29 is 0 Å². The van der Waals surface area contributed by atoms with Crippen molar-refractivity contribution in [3.05, 3.63) is 19.0 Å². The number of anilines is 1. The minimum absolute atomic E-state index is 0.817. The number of rotatable bonds is 8. The Morgan fingerprint density at radius 1 is 1.09 bits per heavy atom. The fourth-order valence-corrected chi connectivity index (χ4v) is 4.30. The van der Waals surface area contributed by atoms with E-state index in [4.69, 9.17) is 0 Å². The van der Waals surface area contributed by atoms with Crippen LogP contribution in [-0.2, 0) is 0 Å². The monoisotopic (exact) mass is 508 g/mol. The minimum Gasteiger partial charge on any atom is -0.356 e. The number of nitrogens with zero attached hydrogens (tertiary/aromatic N) is 2. The van der Waals surface area contributed by atoms with Crippen LogP contribution in [0.1, 0.15) is 32.3 Å². The summed E-state index contributed by atoms with van der Waals surface area (Å²) in [5.74, 6) is 0.817. The molecule has 4 nitrogen and oxygen atoms in total. The SMILES string of the molecule is CCCN(CC)CCCNc1nc2c(Br)c(Br)c(C)c(Br)c2[nH]1. The quantitative estimate of drug-likeness (QED) is 0.354. The Kier molecular flexibility index (Phi) is 7.38. The van der Waals surface area contributed by atoms with E-state index in [0.717, 1.165) is 62.0 Å². The molecule has 7 heteroatoms. The number of nitrogens with one attached hydrogen (secondary N) is 2. The second-order valence-electron chi connectivity index (χ2n) is 5.59. The summed E-state index contributed by atoms with van der Waals surface area (Å²) in [6.07, 6.45) is 2.32. The van der Waals surface area contributed by atoms with Gasteiger partial charge in [0.2, 0.25) is 5.95 Å². The molecule has 0 bridgehead atoms. The molecule has 0 aliphatic carbocycles. The molecule has 0 radical (unpaired) electrons. The van der Waals surface area contributed by atoms with Gasteiger partial charge >= 0.3 is 0 Å². The highest BCUT2D eigenvalue weighted by Gasteiger charge is 2.16. The molecule has 0 fully saturated rings. The molecule has 0 saturated heterocycles. The maximum Gasteiger partial charge on any atom is 0.201 e. The fourth-order valence-electron chi connectivity index (χ4n) is 2.58. The van der Waals surface area contributed by atoms with E-state index in [1.807, 2.05) is 0 Å². The Hall–Kier alpha value is -0.110. The van der Waals surface area contributed by atoms with Crippen LogP contribution in [0, 0.1) is 6.92 Å². The summed E-state index contributed by atoms with van der Waals surface area (Å²) in [7, 11) is 0. The smallest absolute Gasteiger partial charge is 0.201 e. The number of benzene rings is 1. The molecule has 0 saturated carbocycles. The molecule has 0 spiro atoms. The highest BCUT2D eigenvalue weighted by Crippen LogP contribution is 2.39. The maximum atomic E-state index is 4.66. The van der Waals surface area contributed by atoms with E-state index in [9.17, 15) is 0 Å².